The number of hydrogen-bond acceptors (Lipinski definition) is 3. The molecule has 20 heavy (non-hydrogen) atoms. The first-order chi connectivity index (χ1) is 9.78. The Balaban J connectivity index is 1.71. The van der Waals surface area contributed by atoms with Gasteiger partial charge in [-0.05, 0) is 44.4 Å². The second-order valence-electron chi connectivity index (χ2n) is 5.45. The Morgan fingerprint density at radius 2 is 2.20 bits per heavy atom. The third-order valence-electron chi connectivity index (χ3n) is 3.78. The highest BCUT2D eigenvalue weighted by Gasteiger charge is 2.29. The Kier molecular flexibility index (Phi) is 3.98. The third kappa shape index (κ3) is 2.99. The number of hydrogen-bond donors (Lipinski definition) is 2. The first kappa shape index (κ1) is 13.5. The van der Waals surface area contributed by atoms with Crippen molar-refractivity contribution >= 4 is 11.0 Å². The summed E-state index contributed by atoms with van der Waals surface area (Å²) in [6.45, 7) is 1.93. The monoisotopic (exact) mass is 277 g/mol. The van der Waals surface area contributed by atoms with Crippen LogP contribution in [0.25, 0.3) is 11.0 Å². The maximum atomic E-state index is 13.6. The minimum atomic E-state index is -0.275. The average Bonchev–Trinajstić information content (AvgIpc) is 3.19. The average molecular weight is 277 g/mol. The molecule has 1 fully saturated rings. The van der Waals surface area contributed by atoms with Crippen LogP contribution in [-0.2, 0) is 6.54 Å². The maximum absolute atomic E-state index is 13.6. The number of aromatic amines is 1. The SMILES string of the molecule is OCCCCN(Cc1nc2c(F)cccc2[nH]1)C1CC1. The second kappa shape index (κ2) is 5.89. The number of unbranched alkanes of at least 4 members (excludes halogenated alkanes) is 1. The van der Waals surface area contributed by atoms with Gasteiger partial charge in [0.25, 0.3) is 0 Å². The van der Waals surface area contributed by atoms with E-state index in [-0.39, 0.29) is 12.4 Å². The zero-order valence-corrected chi connectivity index (χ0v) is 11.5. The molecule has 0 spiro atoms. The van der Waals surface area contributed by atoms with Crippen molar-refractivity contribution in [3.05, 3.63) is 29.8 Å². The van der Waals surface area contributed by atoms with Gasteiger partial charge in [-0.1, -0.05) is 6.07 Å². The Hall–Kier alpha value is -1.46. The molecule has 4 nitrogen and oxygen atoms in total. The highest BCUT2D eigenvalue weighted by atomic mass is 19.1. The molecule has 1 aromatic carbocycles. The molecule has 0 atom stereocenters. The zero-order chi connectivity index (χ0) is 13.9. The predicted molar refractivity (Wildman–Crippen MR) is 75.8 cm³/mol. The summed E-state index contributed by atoms with van der Waals surface area (Å²) in [6, 6.07) is 5.61. The van der Waals surface area contributed by atoms with Crippen LogP contribution >= 0.6 is 0 Å². The molecule has 0 aliphatic heterocycles. The molecule has 0 unspecified atom stereocenters. The van der Waals surface area contributed by atoms with Crippen molar-refractivity contribution in [1.29, 1.82) is 0 Å². The van der Waals surface area contributed by atoms with E-state index in [0.717, 1.165) is 37.3 Å². The Bertz CT molecular complexity index is 580. The molecule has 5 heteroatoms. The fourth-order valence-corrected chi connectivity index (χ4v) is 2.57. The molecule has 0 radical (unpaired) electrons. The van der Waals surface area contributed by atoms with E-state index in [4.69, 9.17) is 5.11 Å². The smallest absolute Gasteiger partial charge is 0.151 e. The molecule has 1 saturated carbocycles. The molecule has 1 aliphatic carbocycles. The molecule has 2 N–H and O–H groups in total. The first-order valence-corrected chi connectivity index (χ1v) is 7.26. The van der Waals surface area contributed by atoms with E-state index in [0.29, 0.717) is 11.6 Å². The summed E-state index contributed by atoms with van der Waals surface area (Å²) in [5.41, 5.74) is 1.18. The highest BCUT2D eigenvalue weighted by Crippen LogP contribution is 2.28. The van der Waals surface area contributed by atoms with Gasteiger partial charge >= 0.3 is 0 Å². The van der Waals surface area contributed by atoms with Gasteiger partial charge in [0.15, 0.2) is 5.82 Å². The molecule has 1 heterocycles. The van der Waals surface area contributed by atoms with E-state index in [1.54, 1.807) is 6.07 Å². The number of aromatic nitrogens is 2. The third-order valence-corrected chi connectivity index (χ3v) is 3.78. The van der Waals surface area contributed by atoms with Gasteiger partial charge in [-0.25, -0.2) is 9.37 Å². The van der Waals surface area contributed by atoms with Crippen LogP contribution in [-0.4, -0.2) is 39.2 Å². The van der Waals surface area contributed by atoms with Crippen LogP contribution < -0.4 is 0 Å². The topological polar surface area (TPSA) is 52.1 Å². The summed E-state index contributed by atoms with van der Waals surface area (Å²) < 4.78 is 13.6. The molecule has 2 aromatic rings. The van der Waals surface area contributed by atoms with E-state index in [1.807, 2.05) is 6.07 Å². The van der Waals surface area contributed by atoms with Crippen molar-refractivity contribution in [3.63, 3.8) is 0 Å². The van der Waals surface area contributed by atoms with Crippen molar-refractivity contribution in [2.75, 3.05) is 13.2 Å². The van der Waals surface area contributed by atoms with Crippen LogP contribution in [0.5, 0.6) is 0 Å². The minimum absolute atomic E-state index is 0.244. The molecule has 108 valence electrons. The number of benzene rings is 1. The standard InChI is InChI=1S/C15H20FN3O/c16-12-4-3-5-13-15(12)18-14(17-13)10-19(11-6-7-11)8-1-2-9-20/h3-5,11,20H,1-2,6-10H2,(H,17,18). The molecule has 1 aromatic heterocycles. The summed E-state index contributed by atoms with van der Waals surface area (Å²) in [7, 11) is 0. The number of aliphatic hydroxyl groups excluding tert-OH is 1. The fourth-order valence-electron chi connectivity index (χ4n) is 2.57. The van der Waals surface area contributed by atoms with Crippen LogP contribution in [0.4, 0.5) is 4.39 Å². The Labute approximate surface area is 117 Å². The van der Waals surface area contributed by atoms with E-state index in [9.17, 15) is 4.39 Å². The maximum Gasteiger partial charge on any atom is 0.151 e. The number of para-hydroxylation sites is 1. The van der Waals surface area contributed by atoms with E-state index < -0.39 is 0 Å². The number of halogens is 1. The summed E-state index contributed by atoms with van der Waals surface area (Å²) in [4.78, 5) is 9.95. The van der Waals surface area contributed by atoms with Crippen molar-refractivity contribution in [2.45, 2.75) is 38.3 Å². The fraction of sp³-hybridized carbons (Fsp3) is 0.533. The zero-order valence-electron chi connectivity index (χ0n) is 11.5. The van der Waals surface area contributed by atoms with Gasteiger partial charge in [0, 0.05) is 12.6 Å². The van der Waals surface area contributed by atoms with Gasteiger partial charge in [0.1, 0.15) is 11.3 Å². The van der Waals surface area contributed by atoms with Crippen LogP contribution in [0, 0.1) is 5.82 Å². The lowest BCUT2D eigenvalue weighted by Gasteiger charge is -2.20. The number of fused-ring (bicyclic) bond motifs is 1. The van der Waals surface area contributed by atoms with Crippen LogP contribution in [0.15, 0.2) is 18.2 Å². The van der Waals surface area contributed by atoms with E-state index in [1.165, 1.54) is 18.9 Å². The largest absolute Gasteiger partial charge is 0.396 e. The number of aliphatic hydroxyl groups is 1. The molecule has 0 saturated heterocycles. The van der Waals surface area contributed by atoms with Crippen molar-refractivity contribution in [1.82, 2.24) is 14.9 Å². The molecule has 0 amide bonds. The van der Waals surface area contributed by atoms with Gasteiger partial charge in [-0.15, -0.1) is 0 Å². The molecule has 1 aliphatic rings. The number of rotatable bonds is 7. The van der Waals surface area contributed by atoms with E-state index >= 15 is 0 Å². The van der Waals surface area contributed by atoms with Crippen LogP contribution in [0.3, 0.4) is 0 Å². The molecule has 3 rings (SSSR count). The number of nitrogens with zero attached hydrogens (tertiary/aromatic N) is 2. The Morgan fingerprint density at radius 1 is 1.35 bits per heavy atom. The molecular weight excluding hydrogens is 257 g/mol. The van der Waals surface area contributed by atoms with Gasteiger partial charge in [-0.3, -0.25) is 4.90 Å². The van der Waals surface area contributed by atoms with Crippen LogP contribution in [0.1, 0.15) is 31.5 Å². The lowest BCUT2D eigenvalue weighted by Crippen LogP contribution is -2.27. The Morgan fingerprint density at radius 3 is 2.90 bits per heavy atom. The summed E-state index contributed by atoms with van der Waals surface area (Å²) in [5, 5.41) is 8.87. The first-order valence-electron chi connectivity index (χ1n) is 7.26. The molecular formula is C15H20FN3O. The normalized spacial score (nSPS) is 15.3. The van der Waals surface area contributed by atoms with Crippen molar-refractivity contribution in [2.24, 2.45) is 0 Å². The lowest BCUT2D eigenvalue weighted by atomic mass is 10.3. The van der Waals surface area contributed by atoms with Crippen molar-refractivity contribution in [3.8, 4) is 0 Å². The summed E-state index contributed by atoms with van der Waals surface area (Å²) >= 11 is 0. The lowest BCUT2D eigenvalue weighted by molar-refractivity contribution is 0.225. The van der Waals surface area contributed by atoms with Gasteiger partial charge in [0.05, 0.1) is 12.1 Å². The van der Waals surface area contributed by atoms with Gasteiger partial charge < -0.3 is 10.1 Å². The number of H-pyrrole nitrogens is 1. The van der Waals surface area contributed by atoms with Gasteiger partial charge in [-0.2, -0.15) is 0 Å². The van der Waals surface area contributed by atoms with Gasteiger partial charge in [0.2, 0.25) is 0 Å². The minimum Gasteiger partial charge on any atom is -0.396 e. The highest BCUT2D eigenvalue weighted by molar-refractivity contribution is 5.75. The molecule has 0 bridgehead atoms. The summed E-state index contributed by atoms with van der Waals surface area (Å²) in [5.74, 6) is 0.546. The predicted octanol–water partition coefficient (Wildman–Crippen LogP) is 2.44. The second-order valence-corrected chi connectivity index (χ2v) is 5.45. The van der Waals surface area contributed by atoms with Crippen LogP contribution in [0.2, 0.25) is 0 Å². The quantitative estimate of drug-likeness (QED) is 0.764. The number of nitrogens with one attached hydrogen (secondary N) is 1. The van der Waals surface area contributed by atoms with E-state index in [2.05, 4.69) is 14.9 Å². The van der Waals surface area contributed by atoms with Crippen molar-refractivity contribution < 1.29 is 9.50 Å². The summed E-state index contributed by atoms with van der Waals surface area (Å²) in [6.07, 6.45) is 4.28. The number of imidazole rings is 1.